The number of thioether (sulfide) groups is 1. The first-order valence-corrected chi connectivity index (χ1v) is 11.4. The van der Waals surface area contributed by atoms with E-state index in [9.17, 15) is 9.59 Å². The average Bonchev–Trinajstić information content (AvgIpc) is 3.32. The number of Topliss-reactive ketones (excluding diaryl/α,β-unsaturated/α-hetero) is 1. The third-order valence-corrected chi connectivity index (χ3v) is 6.49. The van der Waals surface area contributed by atoms with Gasteiger partial charge in [-0.2, -0.15) is 0 Å². The van der Waals surface area contributed by atoms with Gasteiger partial charge >= 0.3 is 0 Å². The van der Waals surface area contributed by atoms with Crippen molar-refractivity contribution in [3.05, 3.63) is 50.4 Å². The number of carbonyl (C=O) groups excluding carboxylic acids is 2. The van der Waals surface area contributed by atoms with Crippen LogP contribution in [0.15, 0.2) is 35.5 Å². The Morgan fingerprint density at radius 2 is 2.03 bits per heavy atom. The third-order valence-electron chi connectivity index (χ3n) is 4.00. The number of aromatic nitrogens is 3. The Hall–Kier alpha value is -2.07. The van der Waals surface area contributed by atoms with Crippen molar-refractivity contribution in [3.63, 3.8) is 0 Å². The Balaban J connectivity index is 1.86. The topological polar surface area (TPSA) is 86.1 Å². The van der Waals surface area contributed by atoms with E-state index in [-0.39, 0.29) is 17.4 Å². The summed E-state index contributed by atoms with van der Waals surface area (Å²) in [5.74, 6) is 1.21. The van der Waals surface area contributed by atoms with Gasteiger partial charge in [0.2, 0.25) is 5.91 Å². The lowest BCUT2D eigenvalue weighted by Gasteiger charge is -2.12. The number of rotatable bonds is 9. The van der Waals surface area contributed by atoms with E-state index >= 15 is 0 Å². The van der Waals surface area contributed by atoms with Gasteiger partial charge in [0.05, 0.1) is 32.8 Å². The molecule has 0 aliphatic carbocycles. The molecule has 158 valence electrons. The highest BCUT2D eigenvalue weighted by Crippen LogP contribution is 2.30. The molecule has 7 nitrogen and oxygen atoms in total. The Labute approximate surface area is 191 Å². The van der Waals surface area contributed by atoms with Gasteiger partial charge in [0.1, 0.15) is 11.6 Å². The van der Waals surface area contributed by atoms with E-state index in [0.29, 0.717) is 43.9 Å². The summed E-state index contributed by atoms with van der Waals surface area (Å²) in [6, 6.07) is 8.74. The second-order valence-corrected chi connectivity index (χ2v) is 9.17. The van der Waals surface area contributed by atoms with Crippen LogP contribution in [0.2, 0.25) is 9.36 Å². The third kappa shape index (κ3) is 5.54. The highest BCUT2D eigenvalue weighted by Gasteiger charge is 2.18. The fraction of sp³-hybridized carbons (Fsp3) is 0.263. The minimum atomic E-state index is -0.122. The van der Waals surface area contributed by atoms with Crippen LogP contribution in [-0.4, -0.2) is 45.9 Å². The molecule has 1 amide bonds. The molecular weight excluding hydrogens is 467 g/mol. The number of nitrogens with one attached hydrogen (secondary N) is 1. The molecule has 2 heterocycles. The van der Waals surface area contributed by atoms with Gasteiger partial charge in [0.15, 0.2) is 10.9 Å². The molecule has 0 bridgehead atoms. The lowest BCUT2D eigenvalue weighted by Crippen LogP contribution is -2.23. The lowest BCUT2D eigenvalue weighted by molar-refractivity contribution is -0.118. The van der Waals surface area contributed by atoms with E-state index in [2.05, 4.69) is 15.5 Å². The van der Waals surface area contributed by atoms with E-state index in [4.69, 9.17) is 27.9 Å². The quantitative estimate of drug-likeness (QED) is 0.359. The number of hydrogen-bond acceptors (Lipinski definition) is 7. The molecule has 0 radical (unpaired) electrons. The van der Waals surface area contributed by atoms with Crippen molar-refractivity contribution in [2.45, 2.75) is 18.5 Å². The smallest absolute Gasteiger partial charge is 0.216 e. The fourth-order valence-electron chi connectivity index (χ4n) is 2.63. The molecule has 0 aliphatic rings. The van der Waals surface area contributed by atoms with Crippen LogP contribution < -0.4 is 10.1 Å². The molecule has 11 heteroatoms. The first-order chi connectivity index (χ1) is 14.4. The molecule has 1 aromatic carbocycles. The Kier molecular flexibility index (Phi) is 7.76. The maximum absolute atomic E-state index is 12.5. The van der Waals surface area contributed by atoms with Gasteiger partial charge in [0.25, 0.3) is 0 Å². The maximum atomic E-state index is 12.5. The summed E-state index contributed by atoms with van der Waals surface area (Å²) in [4.78, 5) is 24.2. The molecule has 3 rings (SSSR count). The van der Waals surface area contributed by atoms with Crippen molar-refractivity contribution in [2.75, 3.05) is 19.4 Å². The zero-order valence-electron chi connectivity index (χ0n) is 16.1. The van der Waals surface area contributed by atoms with Gasteiger partial charge < -0.3 is 10.1 Å². The SMILES string of the molecule is COc1ccc(-n2c(CCNC(C)=O)nnc2SCC(=O)c2ccc(Cl)s2)cc1Cl. The first-order valence-electron chi connectivity index (χ1n) is 8.83. The summed E-state index contributed by atoms with van der Waals surface area (Å²) in [5, 5.41) is 12.2. The molecule has 0 unspecified atom stereocenters. The normalized spacial score (nSPS) is 10.8. The molecule has 0 aliphatic heterocycles. The van der Waals surface area contributed by atoms with E-state index in [1.807, 2.05) is 10.6 Å². The molecule has 0 fully saturated rings. The van der Waals surface area contributed by atoms with E-state index in [0.717, 1.165) is 5.69 Å². The second kappa shape index (κ2) is 10.3. The van der Waals surface area contributed by atoms with Crippen molar-refractivity contribution >= 4 is 58.0 Å². The average molecular weight is 485 g/mol. The predicted molar refractivity (Wildman–Crippen MR) is 120 cm³/mol. The van der Waals surface area contributed by atoms with E-state index in [1.54, 1.807) is 31.4 Å². The number of hydrogen-bond donors (Lipinski definition) is 1. The van der Waals surface area contributed by atoms with Crippen LogP contribution in [0.25, 0.3) is 5.69 Å². The molecule has 2 aromatic heterocycles. The number of halogens is 2. The first kappa shape index (κ1) is 22.6. The Morgan fingerprint density at radius 1 is 1.23 bits per heavy atom. The molecule has 30 heavy (non-hydrogen) atoms. The minimum Gasteiger partial charge on any atom is -0.495 e. The summed E-state index contributed by atoms with van der Waals surface area (Å²) in [7, 11) is 1.54. The summed E-state index contributed by atoms with van der Waals surface area (Å²) in [6.45, 7) is 1.87. The van der Waals surface area contributed by atoms with Crippen molar-refractivity contribution in [2.24, 2.45) is 0 Å². The van der Waals surface area contributed by atoms with Crippen LogP contribution in [0, 0.1) is 0 Å². The van der Waals surface area contributed by atoms with Gasteiger partial charge in [-0.3, -0.25) is 14.2 Å². The van der Waals surface area contributed by atoms with E-state index < -0.39 is 0 Å². The second-order valence-electron chi connectivity index (χ2n) is 6.10. The lowest BCUT2D eigenvalue weighted by atomic mass is 10.3. The van der Waals surface area contributed by atoms with Crippen LogP contribution in [0.4, 0.5) is 0 Å². The van der Waals surface area contributed by atoms with Crippen molar-refractivity contribution in [1.82, 2.24) is 20.1 Å². The van der Waals surface area contributed by atoms with E-state index in [1.165, 1.54) is 30.0 Å². The molecule has 1 N–H and O–H groups in total. The number of ketones is 1. The molecule has 3 aromatic rings. The van der Waals surface area contributed by atoms with Crippen LogP contribution >= 0.6 is 46.3 Å². The summed E-state index contributed by atoms with van der Waals surface area (Å²) in [6.07, 6.45) is 0.464. The predicted octanol–water partition coefficient (Wildman–Crippen LogP) is 4.30. The Morgan fingerprint density at radius 3 is 2.67 bits per heavy atom. The summed E-state index contributed by atoms with van der Waals surface area (Å²) >= 11 is 14.7. The van der Waals surface area contributed by atoms with Gasteiger partial charge in [-0.15, -0.1) is 21.5 Å². The van der Waals surface area contributed by atoms with Crippen LogP contribution in [0.1, 0.15) is 22.4 Å². The number of ether oxygens (including phenoxy) is 1. The van der Waals surface area contributed by atoms with Crippen molar-refractivity contribution in [3.8, 4) is 11.4 Å². The van der Waals surface area contributed by atoms with Gasteiger partial charge in [0, 0.05) is 19.9 Å². The van der Waals surface area contributed by atoms with Crippen LogP contribution in [0.3, 0.4) is 0 Å². The number of thiophene rings is 1. The molecule has 0 atom stereocenters. The van der Waals surface area contributed by atoms with Gasteiger partial charge in [-0.05, 0) is 30.3 Å². The number of carbonyl (C=O) groups is 2. The van der Waals surface area contributed by atoms with Crippen LogP contribution in [0.5, 0.6) is 5.75 Å². The number of amides is 1. The highest BCUT2D eigenvalue weighted by atomic mass is 35.5. The zero-order chi connectivity index (χ0) is 21.7. The number of nitrogens with zero attached hydrogens (tertiary/aromatic N) is 3. The largest absolute Gasteiger partial charge is 0.495 e. The molecular formula is C19H18Cl2N4O3S2. The molecule has 0 spiro atoms. The standard InChI is InChI=1S/C19H18Cl2N4O3S2/c1-11(26)22-8-7-18-23-24-19(29-10-14(27)16-5-6-17(21)30-16)25(18)12-3-4-15(28-2)13(20)9-12/h3-6,9H,7-8,10H2,1-2H3,(H,22,26). The Bertz CT molecular complexity index is 1070. The number of methoxy groups -OCH3 is 1. The monoisotopic (exact) mass is 484 g/mol. The fourth-order valence-corrected chi connectivity index (χ4v) is 4.80. The summed E-state index contributed by atoms with van der Waals surface area (Å²) < 4.78 is 7.61. The highest BCUT2D eigenvalue weighted by molar-refractivity contribution is 7.99. The molecule has 0 saturated heterocycles. The van der Waals surface area contributed by atoms with Crippen molar-refractivity contribution in [1.29, 1.82) is 0 Å². The van der Waals surface area contributed by atoms with Gasteiger partial charge in [-0.25, -0.2) is 0 Å². The van der Waals surface area contributed by atoms with Crippen molar-refractivity contribution < 1.29 is 14.3 Å². The van der Waals surface area contributed by atoms with Crippen LogP contribution in [-0.2, 0) is 11.2 Å². The minimum absolute atomic E-state index is 0.0426. The zero-order valence-corrected chi connectivity index (χ0v) is 19.3. The maximum Gasteiger partial charge on any atom is 0.216 e. The van der Waals surface area contributed by atoms with Gasteiger partial charge in [-0.1, -0.05) is 35.0 Å². The molecule has 0 saturated carbocycles. The number of benzene rings is 1. The summed E-state index contributed by atoms with van der Waals surface area (Å²) in [5.41, 5.74) is 0.734.